The van der Waals surface area contributed by atoms with Crippen LogP contribution in [0.1, 0.15) is 44.9 Å². The number of hydrogen-bond acceptors (Lipinski definition) is 3. The van der Waals surface area contributed by atoms with Gasteiger partial charge in [0.05, 0.1) is 7.11 Å². The van der Waals surface area contributed by atoms with Crippen LogP contribution in [0.2, 0.25) is 5.02 Å². The molecule has 2 rings (SSSR count). The zero-order valence-electron chi connectivity index (χ0n) is 13.4. The molecule has 0 heterocycles. The molecule has 2 atom stereocenters. The normalized spacial score (nSPS) is 21.2. The molecule has 0 aromatic heterocycles. The fraction of sp³-hybridized carbons (Fsp3) is 0.588. The molecule has 0 bridgehead atoms. The molecule has 0 aliphatic heterocycles. The molecular weight excluding hydrogens is 286 g/mol. The Morgan fingerprint density at radius 1 is 1.43 bits per heavy atom. The summed E-state index contributed by atoms with van der Waals surface area (Å²) in [5.41, 5.74) is 2.53. The van der Waals surface area contributed by atoms with E-state index < -0.39 is 0 Å². The number of benzene rings is 1. The maximum Gasteiger partial charge on any atom is 0.323 e. The molecule has 0 amide bonds. The van der Waals surface area contributed by atoms with Crippen molar-refractivity contribution in [1.29, 1.82) is 0 Å². The van der Waals surface area contributed by atoms with Gasteiger partial charge in [-0.3, -0.25) is 10.1 Å². The summed E-state index contributed by atoms with van der Waals surface area (Å²) in [7, 11) is 1.43. The lowest BCUT2D eigenvalue weighted by molar-refractivity contribution is -0.144. The number of fused-ring (bicyclic) bond motifs is 1. The van der Waals surface area contributed by atoms with E-state index in [9.17, 15) is 4.79 Å². The van der Waals surface area contributed by atoms with Gasteiger partial charge < -0.3 is 4.74 Å². The molecule has 1 aromatic carbocycles. The van der Waals surface area contributed by atoms with Crippen molar-refractivity contribution in [3.05, 3.63) is 34.3 Å². The first kappa shape index (κ1) is 16.3. The Bertz CT molecular complexity index is 540. The Morgan fingerprint density at radius 3 is 2.67 bits per heavy atom. The van der Waals surface area contributed by atoms with E-state index in [-0.39, 0.29) is 29.4 Å². The van der Waals surface area contributed by atoms with E-state index in [4.69, 9.17) is 16.3 Å². The van der Waals surface area contributed by atoms with Gasteiger partial charge in [0.25, 0.3) is 0 Å². The van der Waals surface area contributed by atoms with Gasteiger partial charge in [0.1, 0.15) is 6.04 Å². The lowest BCUT2D eigenvalue weighted by Gasteiger charge is -2.33. The molecule has 0 fully saturated rings. The molecule has 116 valence electrons. The van der Waals surface area contributed by atoms with Crippen molar-refractivity contribution in [1.82, 2.24) is 5.32 Å². The van der Waals surface area contributed by atoms with E-state index >= 15 is 0 Å². The van der Waals surface area contributed by atoms with Crippen LogP contribution < -0.4 is 5.32 Å². The number of nitrogens with one attached hydrogen (secondary N) is 1. The first-order valence-corrected chi connectivity index (χ1v) is 7.76. The predicted molar refractivity (Wildman–Crippen MR) is 85.5 cm³/mol. The average molecular weight is 310 g/mol. The maximum absolute atomic E-state index is 12.0. The summed E-state index contributed by atoms with van der Waals surface area (Å²) in [5, 5.41) is 4.24. The molecule has 21 heavy (non-hydrogen) atoms. The van der Waals surface area contributed by atoms with Crippen molar-refractivity contribution in [3.8, 4) is 0 Å². The number of carbonyl (C=O) groups is 1. The SMILES string of the molecule is COC(=O)[C@@H](NC1c2cc(Cl)ccc2CC1(C)C)C(C)C. The third kappa shape index (κ3) is 3.24. The second kappa shape index (κ2) is 5.98. The van der Waals surface area contributed by atoms with Crippen LogP contribution in [0.25, 0.3) is 0 Å². The van der Waals surface area contributed by atoms with E-state index in [1.54, 1.807) is 0 Å². The summed E-state index contributed by atoms with van der Waals surface area (Å²) in [6.45, 7) is 8.48. The maximum atomic E-state index is 12.0. The van der Waals surface area contributed by atoms with E-state index in [0.29, 0.717) is 0 Å². The fourth-order valence-electron chi connectivity index (χ4n) is 3.16. The van der Waals surface area contributed by atoms with Crippen LogP contribution in [-0.2, 0) is 16.0 Å². The van der Waals surface area contributed by atoms with Crippen molar-refractivity contribution >= 4 is 17.6 Å². The van der Waals surface area contributed by atoms with Crippen LogP contribution in [0.5, 0.6) is 0 Å². The second-order valence-electron chi connectivity index (χ2n) is 6.85. The molecule has 1 N–H and O–H groups in total. The van der Waals surface area contributed by atoms with Crippen LogP contribution in [0.3, 0.4) is 0 Å². The number of esters is 1. The lowest BCUT2D eigenvalue weighted by atomic mass is 9.84. The molecule has 1 aliphatic rings. The summed E-state index contributed by atoms with van der Waals surface area (Å²) in [5.74, 6) is -0.0484. The summed E-state index contributed by atoms with van der Waals surface area (Å²) in [6.07, 6.45) is 0.975. The van der Waals surface area contributed by atoms with Crippen molar-refractivity contribution in [2.24, 2.45) is 11.3 Å². The van der Waals surface area contributed by atoms with Crippen LogP contribution >= 0.6 is 11.6 Å². The predicted octanol–water partition coefficient (Wildman–Crippen LogP) is 3.75. The van der Waals surface area contributed by atoms with Gasteiger partial charge in [0, 0.05) is 11.1 Å². The molecule has 1 aliphatic carbocycles. The minimum absolute atomic E-state index is 0.0359. The highest BCUT2D eigenvalue weighted by Gasteiger charge is 2.41. The zero-order valence-corrected chi connectivity index (χ0v) is 14.1. The van der Waals surface area contributed by atoms with Crippen molar-refractivity contribution in [3.63, 3.8) is 0 Å². The minimum atomic E-state index is -0.316. The largest absolute Gasteiger partial charge is 0.468 e. The highest BCUT2D eigenvalue weighted by atomic mass is 35.5. The number of hydrogen-bond donors (Lipinski definition) is 1. The highest BCUT2D eigenvalue weighted by molar-refractivity contribution is 6.30. The number of rotatable bonds is 4. The third-order valence-electron chi connectivity index (χ3n) is 4.31. The summed E-state index contributed by atoms with van der Waals surface area (Å²) < 4.78 is 4.94. The minimum Gasteiger partial charge on any atom is -0.468 e. The smallest absolute Gasteiger partial charge is 0.323 e. The Labute approximate surface area is 132 Å². The fourth-order valence-corrected chi connectivity index (χ4v) is 3.34. The van der Waals surface area contributed by atoms with Gasteiger partial charge in [-0.2, -0.15) is 0 Å². The quantitative estimate of drug-likeness (QED) is 0.861. The summed E-state index contributed by atoms with van der Waals surface area (Å²) in [6, 6.07) is 5.81. The van der Waals surface area contributed by atoms with Crippen LogP contribution in [0, 0.1) is 11.3 Å². The molecule has 3 nitrogen and oxygen atoms in total. The van der Waals surface area contributed by atoms with Crippen molar-refractivity contribution < 1.29 is 9.53 Å². The van der Waals surface area contributed by atoms with Gasteiger partial charge in [0.2, 0.25) is 0 Å². The van der Waals surface area contributed by atoms with E-state index in [1.165, 1.54) is 18.2 Å². The third-order valence-corrected chi connectivity index (χ3v) is 4.55. The van der Waals surface area contributed by atoms with Crippen LogP contribution in [0.15, 0.2) is 18.2 Å². The van der Waals surface area contributed by atoms with Crippen molar-refractivity contribution in [2.75, 3.05) is 7.11 Å². The Balaban J connectivity index is 2.34. The molecule has 0 saturated carbocycles. The summed E-state index contributed by atoms with van der Waals surface area (Å²) in [4.78, 5) is 12.0. The Hall–Kier alpha value is -1.06. The number of methoxy groups -OCH3 is 1. The molecule has 0 radical (unpaired) electrons. The molecule has 1 aromatic rings. The number of carbonyl (C=O) groups excluding carboxylic acids is 1. The van der Waals surface area contributed by atoms with Gasteiger partial charge in [-0.15, -0.1) is 0 Å². The molecular formula is C17H24ClNO2. The molecule has 4 heteroatoms. The van der Waals surface area contributed by atoms with Gasteiger partial charge in [-0.05, 0) is 41.0 Å². The molecule has 0 saturated heterocycles. The first-order valence-electron chi connectivity index (χ1n) is 7.38. The number of ether oxygens (including phenoxy) is 1. The monoisotopic (exact) mass is 309 g/mol. The van der Waals surface area contributed by atoms with Gasteiger partial charge in [-0.25, -0.2) is 0 Å². The van der Waals surface area contributed by atoms with Gasteiger partial charge >= 0.3 is 5.97 Å². The van der Waals surface area contributed by atoms with E-state index in [1.807, 2.05) is 26.0 Å². The van der Waals surface area contributed by atoms with Crippen molar-refractivity contribution in [2.45, 2.75) is 46.2 Å². The summed E-state index contributed by atoms with van der Waals surface area (Å²) >= 11 is 6.15. The first-order chi connectivity index (χ1) is 9.76. The van der Waals surface area contributed by atoms with Gasteiger partial charge in [0.15, 0.2) is 0 Å². The molecule has 1 unspecified atom stereocenters. The van der Waals surface area contributed by atoms with Gasteiger partial charge in [-0.1, -0.05) is 45.4 Å². The molecule has 0 spiro atoms. The number of halogens is 1. The average Bonchev–Trinajstić information content (AvgIpc) is 2.64. The van der Waals surface area contributed by atoms with E-state index in [0.717, 1.165) is 11.4 Å². The standard InChI is InChI=1S/C17H24ClNO2/c1-10(2)14(16(20)21-5)19-15-13-8-12(18)7-6-11(13)9-17(15,3)4/h6-8,10,14-15,19H,9H2,1-5H3/t14-,15?/m0/s1. The topological polar surface area (TPSA) is 38.3 Å². The lowest BCUT2D eigenvalue weighted by Crippen LogP contribution is -2.46. The highest BCUT2D eigenvalue weighted by Crippen LogP contribution is 2.46. The Kier molecular flexibility index (Phi) is 4.64. The van der Waals surface area contributed by atoms with E-state index in [2.05, 4.69) is 25.2 Å². The second-order valence-corrected chi connectivity index (χ2v) is 7.29. The Morgan fingerprint density at radius 2 is 2.10 bits per heavy atom. The zero-order chi connectivity index (χ0) is 15.8. The van der Waals surface area contributed by atoms with Crippen LogP contribution in [-0.4, -0.2) is 19.1 Å². The van der Waals surface area contributed by atoms with Crippen LogP contribution in [0.4, 0.5) is 0 Å².